The number of Topliss-reactive ketones (excluding diaryl/α,β-unsaturated/α-hetero) is 1. The van der Waals surface area contributed by atoms with Crippen molar-refractivity contribution in [1.29, 1.82) is 0 Å². The minimum atomic E-state index is -0.762. The van der Waals surface area contributed by atoms with E-state index in [4.69, 9.17) is 5.11 Å². The molecular weight excluding hydrogens is 156 g/mol. The second-order valence-electron chi connectivity index (χ2n) is 3.77. The lowest BCUT2D eigenvalue weighted by Crippen LogP contribution is -2.35. The highest BCUT2D eigenvalue weighted by Gasteiger charge is 2.36. The summed E-state index contributed by atoms with van der Waals surface area (Å²) in [5.41, 5.74) is 0. The molecule has 1 fully saturated rings. The smallest absolute Gasteiger partial charge is 0.307 e. The molecule has 1 N–H and O–H groups in total. The van der Waals surface area contributed by atoms with Gasteiger partial charge in [0.1, 0.15) is 5.78 Å². The molecule has 1 aliphatic rings. The molecule has 3 heteroatoms. The largest absolute Gasteiger partial charge is 0.481 e. The van der Waals surface area contributed by atoms with Gasteiger partial charge >= 0.3 is 5.97 Å². The van der Waals surface area contributed by atoms with E-state index in [9.17, 15) is 9.59 Å². The van der Waals surface area contributed by atoms with E-state index in [-0.39, 0.29) is 23.5 Å². The first-order chi connectivity index (χ1) is 5.52. The monoisotopic (exact) mass is 170 g/mol. The molecule has 0 radical (unpaired) electrons. The van der Waals surface area contributed by atoms with Crippen molar-refractivity contribution in [2.45, 2.75) is 26.7 Å². The molecule has 1 saturated carbocycles. The lowest BCUT2D eigenvalue weighted by atomic mass is 9.73. The van der Waals surface area contributed by atoms with Crippen molar-refractivity contribution in [3.8, 4) is 0 Å². The Bertz CT molecular complexity index is 196. The Kier molecular flexibility index (Phi) is 2.50. The van der Waals surface area contributed by atoms with Crippen LogP contribution in [0.25, 0.3) is 0 Å². The van der Waals surface area contributed by atoms with Crippen LogP contribution in [-0.2, 0) is 9.59 Å². The van der Waals surface area contributed by atoms with Gasteiger partial charge < -0.3 is 5.11 Å². The number of carboxylic acids is 1. The Balaban J connectivity index is 2.73. The van der Waals surface area contributed by atoms with E-state index in [2.05, 4.69) is 0 Å². The fraction of sp³-hybridized carbons (Fsp3) is 0.778. The topological polar surface area (TPSA) is 54.4 Å². The SMILES string of the molecule is CC1CC(=O)CC(C)C1C(=O)O. The summed E-state index contributed by atoms with van der Waals surface area (Å²) in [4.78, 5) is 21.8. The fourth-order valence-corrected chi connectivity index (χ4v) is 2.10. The van der Waals surface area contributed by atoms with Crippen LogP contribution in [-0.4, -0.2) is 16.9 Å². The lowest BCUT2D eigenvalue weighted by Gasteiger charge is -2.30. The summed E-state index contributed by atoms with van der Waals surface area (Å²) >= 11 is 0. The van der Waals surface area contributed by atoms with Crippen molar-refractivity contribution in [3.05, 3.63) is 0 Å². The maximum absolute atomic E-state index is 11.1. The van der Waals surface area contributed by atoms with Gasteiger partial charge in [0.05, 0.1) is 5.92 Å². The van der Waals surface area contributed by atoms with Crippen LogP contribution < -0.4 is 0 Å². The molecule has 0 spiro atoms. The molecule has 0 saturated heterocycles. The molecule has 0 aromatic carbocycles. The maximum Gasteiger partial charge on any atom is 0.307 e. The van der Waals surface area contributed by atoms with Crippen molar-refractivity contribution in [3.63, 3.8) is 0 Å². The molecule has 2 atom stereocenters. The van der Waals surface area contributed by atoms with Crippen molar-refractivity contribution in [1.82, 2.24) is 0 Å². The second-order valence-corrected chi connectivity index (χ2v) is 3.77. The van der Waals surface area contributed by atoms with Gasteiger partial charge in [-0.05, 0) is 11.8 Å². The number of carboxylic acid groups (broad SMARTS) is 1. The second kappa shape index (κ2) is 3.25. The quantitative estimate of drug-likeness (QED) is 0.645. The number of rotatable bonds is 1. The molecule has 1 rings (SSSR count). The van der Waals surface area contributed by atoms with Gasteiger partial charge in [-0.2, -0.15) is 0 Å². The van der Waals surface area contributed by atoms with Gasteiger partial charge in [0.2, 0.25) is 0 Å². The van der Waals surface area contributed by atoms with Crippen LogP contribution in [0.3, 0.4) is 0 Å². The molecule has 1 aliphatic carbocycles. The third kappa shape index (κ3) is 1.65. The summed E-state index contributed by atoms with van der Waals surface area (Å²) in [5.74, 6) is -0.893. The molecule has 68 valence electrons. The molecule has 3 nitrogen and oxygen atoms in total. The maximum atomic E-state index is 11.1. The van der Waals surface area contributed by atoms with Gasteiger partial charge in [-0.15, -0.1) is 0 Å². The third-order valence-corrected chi connectivity index (χ3v) is 2.61. The molecule has 12 heavy (non-hydrogen) atoms. The van der Waals surface area contributed by atoms with Crippen molar-refractivity contribution in [2.24, 2.45) is 17.8 Å². The van der Waals surface area contributed by atoms with Crippen molar-refractivity contribution >= 4 is 11.8 Å². The summed E-state index contributed by atoms with van der Waals surface area (Å²) in [6, 6.07) is 0. The van der Waals surface area contributed by atoms with Crippen molar-refractivity contribution < 1.29 is 14.7 Å². The Morgan fingerprint density at radius 2 is 1.75 bits per heavy atom. The molecule has 0 aliphatic heterocycles. The Labute approximate surface area is 71.8 Å². The molecule has 0 amide bonds. The highest BCUT2D eigenvalue weighted by molar-refractivity contribution is 5.83. The predicted octanol–water partition coefficient (Wildman–Crippen LogP) is 1.32. The summed E-state index contributed by atoms with van der Waals surface area (Å²) in [6.07, 6.45) is 0.864. The van der Waals surface area contributed by atoms with Crippen LogP contribution in [0.5, 0.6) is 0 Å². The van der Waals surface area contributed by atoms with E-state index in [0.29, 0.717) is 12.8 Å². The van der Waals surface area contributed by atoms with Gasteiger partial charge in [0.25, 0.3) is 0 Å². The zero-order valence-corrected chi connectivity index (χ0v) is 7.41. The summed E-state index contributed by atoms with van der Waals surface area (Å²) in [5, 5.41) is 8.85. The molecule has 2 unspecified atom stereocenters. The first-order valence-electron chi connectivity index (χ1n) is 4.27. The highest BCUT2D eigenvalue weighted by atomic mass is 16.4. The van der Waals surface area contributed by atoms with E-state index in [1.807, 2.05) is 13.8 Å². The number of hydrogen-bond donors (Lipinski definition) is 1. The average molecular weight is 170 g/mol. The normalized spacial score (nSPS) is 36.5. The van der Waals surface area contributed by atoms with E-state index < -0.39 is 5.97 Å². The van der Waals surface area contributed by atoms with E-state index in [1.54, 1.807) is 0 Å². The van der Waals surface area contributed by atoms with Gasteiger partial charge in [0, 0.05) is 12.8 Å². The first-order valence-corrected chi connectivity index (χ1v) is 4.27. The molecular formula is C9H14O3. The Hall–Kier alpha value is -0.860. The highest BCUT2D eigenvalue weighted by Crippen LogP contribution is 2.32. The lowest BCUT2D eigenvalue weighted by molar-refractivity contribution is -0.148. The van der Waals surface area contributed by atoms with Crippen LogP contribution in [0, 0.1) is 17.8 Å². The zero-order valence-electron chi connectivity index (χ0n) is 7.41. The fourth-order valence-electron chi connectivity index (χ4n) is 2.10. The van der Waals surface area contributed by atoms with E-state index >= 15 is 0 Å². The zero-order chi connectivity index (χ0) is 9.30. The predicted molar refractivity (Wildman–Crippen MR) is 43.7 cm³/mol. The first kappa shape index (κ1) is 9.23. The van der Waals surface area contributed by atoms with Gasteiger partial charge in [-0.3, -0.25) is 9.59 Å². The minimum absolute atomic E-state index is 0.00116. The summed E-state index contributed by atoms with van der Waals surface area (Å²) in [6.45, 7) is 3.68. The molecule has 0 bridgehead atoms. The number of carbonyl (C=O) groups excluding carboxylic acids is 1. The van der Waals surface area contributed by atoms with Gasteiger partial charge in [-0.1, -0.05) is 13.8 Å². The Morgan fingerprint density at radius 1 is 1.33 bits per heavy atom. The van der Waals surface area contributed by atoms with Crippen LogP contribution in [0.2, 0.25) is 0 Å². The van der Waals surface area contributed by atoms with Gasteiger partial charge in [-0.25, -0.2) is 0 Å². The molecule has 0 aromatic rings. The van der Waals surface area contributed by atoms with Crippen molar-refractivity contribution in [2.75, 3.05) is 0 Å². The number of ketones is 1. The van der Waals surface area contributed by atoms with Crippen LogP contribution >= 0.6 is 0 Å². The third-order valence-electron chi connectivity index (χ3n) is 2.61. The van der Waals surface area contributed by atoms with Gasteiger partial charge in [0.15, 0.2) is 0 Å². The molecule has 0 heterocycles. The summed E-state index contributed by atoms with van der Waals surface area (Å²) < 4.78 is 0. The minimum Gasteiger partial charge on any atom is -0.481 e. The molecule has 0 aromatic heterocycles. The number of hydrogen-bond acceptors (Lipinski definition) is 2. The van der Waals surface area contributed by atoms with E-state index in [1.165, 1.54) is 0 Å². The standard InChI is InChI=1S/C9H14O3/c1-5-3-7(10)4-6(2)8(5)9(11)12/h5-6,8H,3-4H2,1-2H3,(H,11,12). The number of carbonyl (C=O) groups is 2. The number of aliphatic carboxylic acids is 1. The van der Waals surface area contributed by atoms with Crippen LogP contribution in [0.4, 0.5) is 0 Å². The summed E-state index contributed by atoms with van der Waals surface area (Å²) in [7, 11) is 0. The average Bonchev–Trinajstić information content (AvgIpc) is 1.82. The Morgan fingerprint density at radius 3 is 2.08 bits per heavy atom. The van der Waals surface area contributed by atoms with Crippen LogP contribution in [0.1, 0.15) is 26.7 Å². The van der Waals surface area contributed by atoms with Crippen LogP contribution in [0.15, 0.2) is 0 Å². The van der Waals surface area contributed by atoms with E-state index in [0.717, 1.165) is 0 Å².